The van der Waals surface area contributed by atoms with Crippen molar-refractivity contribution >= 4 is 76.0 Å². The van der Waals surface area contributed by atoms with Gasteiger partial charge in [-0.3, -0.25) is 0 Å². The van der Waals surface area contributed by atoms with Crippen LogP contribution in [0.1, 0.15) is 71.4 Å². The van der Waals surface area contributed by atoms with E-state index in [0.717, 1.165) is 0 Å². The number of nitrogens with zero attached hydrogens (tertiary/aromatic N) is 1. The monoisotopic (exact) mass is 809 g/mol. The zero-order chi connectivity index (χ0) is 42.4. The van der Waals surface area contributed by atoms with Gasteiger partial charge in [0.25, 0.3) is 0 Å². The number of anilines is 2. The van der Waals surface area contributed by atoms with Gasteiger partial charge in [0, 0.05) is 16.8 Å². The van der Waals surface area contributed by atoms with Crippen molar-refractivity contribution in [3.63, 3.8) is 0 Å². The third kappa shape index (κ3) is 4.89. The molecule has 0 amide bonds. The molecule has 2 unspecified atom stereocenters. The van der Waals surface area contributed by atoms with Gasteiger partial charge < -0.3 is 4.90 Å². The molecule has 0 N–H and O–H groups in total. The van der Waals surface area contributed by atoms with Gasteiger partial charge in [-0.1, -0.05) is 186 Å². The minimum Gasteiger partial charge on any atom is -0.334 e. The van der Waals surface area contributed by atoms with Crippen molar-refractivity contribution in [1.82, 2.24) is 0 Å². The minimum absolute atomic E-state index is 0.00979. The van der Waals surface area contributed by atoms with E-state index < -0.39 is 0 Å². The van der Waals surface area contributed by atoms with E-state index in [9.17, 15) is 0 Å². The Hall–Kier alpha value is -6.70. The van der Waals surface area contributed by atoms with Gasteiger partial charge in [0.2, 0.25) is 0 Å². The molecule has 1 nitrogen and oxygen atoms in total. The van der Waals surface area contributed by atoms with Crippen molar-refractivity contribution in [3.05, 3.63) is 181 Å². The number of hydrogen-bond acceptors (Lipinski definition) is 1. The Balaban J connectivity index is 1.11. The Morgan fingerprint density at radius 2 is 0.984 bits per heavy atom. The van der Waals surface area contributed by atoms with E-state index in [1.807, 2.05) is 0 Å². The Kier molecular flexibility index (Phi) is 7.57. The summed E-state index contributed by atoms with van der Waals surface area (Å²) >= 11 is 0. The molecule has 1 aliphatic carbocycles. The zero-order valence-corrected chi connectivity index (χ0v) is 36.9. The van der Waals surface area contributed by atoms with Crippen LogP contribution in [0.3, 0.4) is 0 Å². The Morgan fingerprint density at radius 1 is 0.444 bits per heavy atom. The topological polar surface area (TPSA) is 3.24 Å². The van der Waals surface area contributed by atoms with E-state index in [4.69, 9.17) is 0 Å². The average Bonchev–Trinajstić information content (AvgIpc) is 3.89. The normalized spacial score (nSPS) is 19.0. The molecule has 11 aromatic carbocycles. The van der Waals surface area contributed by atoms with Crippen LogP contribution in [0.25, 0.3) is 98.0 Å². The van der Waals surface area contributed by atoms with Crippen molar-refractivity contribution in [1.29, 1.82) is 0 Å². The van der Waals surface area contributed by atoms with Crippen molar-refractivity contribution in [2.75, 3.05) is 4.90 Å². The molecule has 11 aromatic rings. The summed E-state index contributed by atoms with van der Waals surface area (Å²) in [5, 5.41) is 16.1. The third-order valence-corrected chi connectivity index (χ3v) is 16.1. The summed E-state index contributed by atoms with van der Waals surface area (Å²) in [6.45, 7) is 12.0. The van der Waals surface area contributed by atoms with Gasteiger partial charge >= 0.3 is 0 Å². The van der Waals surface area contributed by atoms with Crippen LogP contribution < -0.4 is 4.90 Å². The molecule has 1 aliphatic heterocycles. The fourth-order valence-electron chi connectivity index (χ4n) is 12.9. The number of hydrogen-bond donors (Lipinski definition) is 0. The zero-order valence-electron chi connectivity index (χ0n) is 36.9. The number of benzene rings is 9. The van der Waals surface area contributed by atoms with E-state index in [-0.39, 0.29) is 16.4 Å². The molecule has 0 saturated heterocycles. The van der Waals surface area contributed by atoms with E-state index in [1.165, 1.54) is 146 Å². The minimum atomic E-state index is -0.00979. The molecule has 1 fully saturated rings. The maximum absolute atomic E-state index is 2.72. The molecule has 304 valence electrons. The maximum Gasteiger partial charge on any atom is 0.0517 e. The summed E-state index contributed by atoms with van der Waals surface area (Å²) in [4.78, 5) is 2.72. The van der Waals surface area contributed by atoms with Crippen LogP contribution in [0.5, 0.6) is 0 Å². The Labute approximate surface area is 370 Å². The predicted molar refractivity (Wildman–Crippen MR) is 272 cm³/mol. The lowest BCUT2D eigenvalue weighted by Gasteiger charge is -2.50. The fourth-order valence-corrected chi connectivity index (χ4v) is 12.9. The average molecular weight is 810 g/mol. The van der Waals surface area contributed by atoms with Crippen molar-refractivity contribution in [3.8, 4) is 33.4 Å². The molecule has 0 spiro atoms. The molecule has 0 aromatic heterocycles. The quantitative estimate of drug-likeness (QED) is 0.171. The SMILES string of the molecule is CC(C)(C)c1ccc(N2c3ccc(-c4ccc5c6c(-c7ccccc7)c7c8cccc9cccc(c7c(-c7ccccc7)c6c6cccc4c65)c98)cc3C3(C)CCCCC23C)cc1. The van der Waals surface area contributed by atoms with Crippen LogP contribution >= 0.6 is 0 Å². The molecular formula is C62H51N. The highest BCUT2D eigenvalue weighted by atomic mass is 15.3. The number of fused-ring (bicyclic) bond motifs is 9. The lowest BCUT2D eigenvalue weighted by atomic mass is 9.61. The van der Waals surface area contributed by atoms with E-state index in [0.29, 0.717) is 0 Å². The first kappa shape index (κ1) is 36.9. The lowest BCUT2D eigenvalue weighted by Crippen LogP contribution is -2.54. The molecule has 2 atom stereocenters. The summed E-state index contributed by atoms with van der Waals surface area (Å²) in [5.74, 6) is 0. The van der Waals surface area contributed by atoms with E-state index in [2.05, 4.69) is 209 Å². The molecule has 0 bridgehead atoms. The molecule has 1 heterocycles. The summed E-state index contributed by atoms with van der Waals surface area (Å²) in [6.07, 6.45) is 4.91. The Bertz CT molecular complexity index is 3480. The first-order valence-electron chi connectivity index (χ1n) is 23.2. The van der Waals surface area contributed by atoms with Gasteiger partial charge in [-0.05, 0) is 159 Å². The van der Waals surface area contributed by atoms with Crippen LogP contribution in [0, 0.1) is 0 Å². The summed E-state index contributed by atoms with van der Waals surface area (Å²) < 4.78 is 0. The molecule has 13 rings (SSSR count). The van der Waals surface area contributed by atoms with Gasteiger partial charge in [0.1, 0.15) is 0 Å². The standard InChI is InChI=1S/C62H51N/c1-60(2,3)42-28-30-43(31-29-42)63-51-34-27-41(37-50(51)61(4)35-12-13-36-62(61,63)5)44-32-33-49-55-45(44)23-16-26-48(55)58-53(39-17-8-6-9-18-39)56-46-24-14-21-38-22-15-25-47(52(38)46)57(56)54(59(49)58)40-19-10-7-11-20-40/h6-11,14-34,37H,12-13,35-36H2,1-5H3. The first-order chi connectivity index (χ1) is 30.7. The van der Waals surface area contributed by atoms with Gasteiger partial charge in [-0.15, -0.1) is 0 Å². The Morgan fingerprint density at radius 3 is 1.59 bits per heavy atom. The highest BCUT2D eigenvalue weighted by molar-refractivity contribution is 6.46. The van der Waals surface area contributed by atoms with Crippen molar-refractivity contribution in [2.24, 2.45) is 0 Å². The molecule has 1 heteroatoms. The first-order valence-corrected chi connectivity index (χ1v) is 23.2. The highest BCUT2D eigenvalue weighted by Crippen LogP contribution is 2.62. The molecule has 1 saturated carbocycles. The molecular weight excluding hydrogens is 759 g/mol. The fraction of sp³-hybridized carbons (Fsp3) is 0.194. The third-order valence-electron chi connectivity index (χ3n) is 16.1. The van der Waals surface area contributed by atoms with Crippen LogP contribution in [0.2, 0.25) is 0 Å². The molecule has 2 aliphatic rings. The summed E-state index contributed by atoms with van der Waals surface area (Å²) in [5.41, 5.74) is 13.5. The largest absolute Gasteiger partial charge is 0.334 e. The van der Waals surface area contributed by atoms with E-state index >= 15 is 0 Å². The second kappa shape index (κ2) is 12.9. The summed E-state index contributed by atoms with van der Waals surface area (Å²) in [6, 6.07) is 65.1. The molecule has 0 radical (unpaired) electrons. The van der Waals surface area contributed by atoms with Crippen molar-refractivity contribution < 1.29 is 0 Å². The second-order valence-corrected chi connectivity index (χ2v) is 20.3. The van der Waals surface area contributed by atoms with Crippen LogP contribution in [-0.4, -0.2) is 5.54 Å². The predicted octanol–water partition coefficient (Wildman–Crippen LogP) is 17.5. The lowest BCUT2D eigenvalue weighted by molar-refractivity contribution is 0.195. The molecule has 63 heavy (non-hydrogen) atoms. The highest BCUT2D eigenvalue weighted by Gasteiger charge is 2.57. The van der Waals surface area contributed by atoms with Crippen molar-refractivity contribution in [2.45, 2.75) is 76.7 Å². The van der Waals surface area contributed by atoms with Gasteiger partial charge in [-0.25, -0.2) is 0 Å². The van der Waals surface area contributed by atoms with Crippen LogP contribution in [-0.2, 0) is 10.8 Å². The maximum atomic E-state index is 2.72. The van der Waals surface area contributed by atoms with Gasteiger partial charge in [0.05, 0.1) is 5.54 Å². The smallest absolute Gasteiger partial charge is 0.0517 e. The second-order valence-electron chi connectivity index (χ2n) is 20.3. The van der Waals surface area contributed by atoms with Gasteiger partial charge in [0.15, 0.2) is 0 Å². The van der Waals surface area contributed by atoms with Crippen LogP contribution in [0.15, 0.2) is 170 Å². The number of rotatable bonds is 4. The van der Waals surface area contributed by atoms with Crippen LogP contribution in [0.4, 0.5) is 11.4 Å². The van der Waals surface area contributed by atoms with E-state index in [1.54, 1.807) is 0 Å². The van der Waals surface area contributed by atoms with Gasteiger partial charge in [-0.2, -0.15) is 0 Å². The summed E-state index contributed by atoms with van der Waals surface area (Å²) in [7, 11) is 0.